The number of morpholine rings is 1. The minimum Gasteiger partial charge on any atom is -0.391 e. The maximum atomic E-state index is 9.25. The third-order valence-corrected chi connectivity index (χ3v) is 3.87. The fraction of sp³-hybridized carbons (Fsp3) is 0.875. The molecule has 1 aliphatic rings. The smallest absolute Gasteiger partial charge is 0.136 e. The van der Waals surface area contributed by atoms with Crippen LogP contribution in [-0.4, -0.2) is 58.4 Å². The molecule has 0 aromatic rings. The number of nitrogens with zero attached hydrogens (tertiary/aromatic N) is 1. The number of aliphatic hydroxyl groups is 1. The molecule has 1 rings (SSSR count). The number of ether oxygens (including phenoxy) is 1. The van der Waals surface area contributed by atoms with Crippen molar-refractivity contribution in [1.29, 1.82) is 0 Å². The lowest BCUT2D eigenvalue weighted by atomic mass is 10.5. The molecule has 1 aliphatic heterocycles. The van der Waals surface area contributed by atoms with Crippen molar-refractivity contribution in [3.05, 3.63) is 0 Å². The minimum absolute atomic E-state index is 0.263. The van der Waals surface area contributed by atoms with E-state index in [4.69, 9.17) is 28.6 Å². The lowest BCUT2D eigenvalue weighted by Crippen LogP contribution is -2.39. The molecule has 14 heavy (non-hydrogen) atoms. The molecule has 1 heterocycles. The molecule has 1 saturated heterocycles. The molecule has 1 N–H and O–H groups in total. The van der Waals surface area contributed by atoms with Crippen LogP contribution in [0.5, 0.6) is 0 Å². The average molecular weight is 256 g/mol. The highest BCUT2D eigenvalue weighted by molar-refractivity contribution is 8.22. The number of rotatable bonds is 3. The van der Waals surface area contributed by atoms with Crippen LogP contribution in [0, 0.1) is 0 Å². The summed E-state index contributed by atoms with van der Waals surface area (Å²) in [4.78, 5) is 2.10. The molecule has 0 bridgehead atoms. The van der Waals surface area contributed by atoms with Crippen molar-refractivity contribution in [3.8, 4) is 0 Å². The number of hydrogen-bond acceptors (Lipinski definition) is 4. The molecule has 0 aromatic carbocycles. The molecule has 0 aliphatic carbocycles. The molecular weight excluding hydrogens is 242 g/mol. The van der Waals surface area contributed by atoms with E-state index in [2.05, 4.69) is 4.90 Å². The van der Waals surface area contributed by atoms with E-state index in [1.165, 1.54) is 11.8 Å². The van der Waals surface area contributed by atoms with Crippen molar-refractivity contribution in [1.82, 2.24) is 4.90 Å². The van der Waals surface area contributed by atoms with Gasteiger partial charge in [-0.25, -0.2) is 0 Å². The normalized spacial score (nSPS) is 19.4. The maximum Gasteiger partial charge on any atom is 0.136 e. The zero-order valence-corrected chi connectivity index (χ0v) is 10.2. The van der Waals surface area contributed by atoms with Crippen molar-refractivity contribution in [3.63, 3.8) is 0 Å². The van der Waals surface area contributed by atoms with Gasteiger partial charge >= 0.3 is 0 Å². The van der Waals surface area contributed by atoms with Crippen LogP contribution in [0.4, 0.5) is 0 Å². The Balaban J connectivity index is 2.19. The van der Waals surface area contributed by atoms with Gasteiger partial charge in [0.15, 0.2) is 0 Å². The second-order valence-electron chi connectivity index (χ2n) is 2.98. The summed E-state index contributed by atoms with van der Waals surface area (Å²) in [6, 6.07) is 0. The Morgan fingerprint density at radius 1 is 1.57 bits per heavy atom. The first-order valence-corrected chi connectivity index (χ1v) is 6.40. The van der Waals surface area contributed by atoms with Crippen LogP contribution in [0.15, 0.2) is 0 Å². The number of halogens is 1. The molecule has 0 saturated carbocycles. The van der Waals surface area contributed by atoms with Crippen LogP contribution in [-0.2, 0) is 4.74 Å². The maximum absolute atomic E-state index is 9.25. The monoisotopic (exact) mass is 255 g/mol. The van der Waals surface area contributed by atoms with E-state index in [9.17, 15) is 5.11 Å². The number of alkyl halides is 1. The van der Waals surface area contributed by atoms with E-state index in [-0.39, 0.29) is 5.88 Å². The molecule has 1 unspecified atom stereocenters. The van der Waals surface area contributed by atoms with Gasteiger partial charge in [0.25, 0.3) is 0 Å². The topological polar surface area (TPSA) is 32.7 Å². The Hall–Kier alpha value is 0.450. The summed E-state index contributed by atoms with van der Waals surface area (Å²) >= 11 is 12.2. The van der Waals surface area contributed by atoms with Gasteiger partial charge in [-0.3, -0.25) is 0 Å². The minimum atomic E-state index is -0.472. The van der Waals surface area contributed by atoms with Gasteiger partial charge in [-0.05, 0) is 0 Å². The van der Waals surface area contributed by atoms with E-state index in [1.54, 1.807) is 0 Å². The quantitative estimate of drug-likeness (QED) is 0.600. The zero-order valence-electron chi connectivity index (χ0n) is 7.82. The standard InChI is InChI=1S/C8H14ClNO2S2/c9-5-7(11)6-14-8(13)10-1-3-12-4-2-10/h7,11H,1-6H2. The average Bonchev–Trinajstić information content (AvgIpc) is 2.26. The van der Waals surface area contributed by atoms with Gasteiger partial charge in [0.1, 0.15) is 4.32 Å². The molecule has 6 heteroatoms. The van der Waals surface area contributed by atoms with Crippen molar-refractivity contribution < 1.29 is 9.84 Å². The Bertz CT molecular complexity index is 188. The molecule has 0 aromatic heterocycles. The second-order valence-corrected chi connectivity index (χ2v) is 4.95. The van der Waals surface area contributed by atoms with Gasteiger partial charge in [0.05, 0.1) is 19.3 Å². The summed E-state index contributed by atoms with van der Waals surface area (Å²) in [6.45, 7) is 3.17. The van der Waals surface area contributed by atoms with E-state index >= 15 is 0 Å². The molecule has 1 atom stereocenters. The first-order valence-electron chi connectivity index (χ1n) is 4.47. The van der Waals surface area contributed by atoms with Gasteiger partial charge in [-0.15, -0.1) is 11.6 Å². The van der Waals surface area contributed by atoms with Crippen LogP contribution in [0.1, 0.15) is 0 Å². The highest BCUT2D eigenvalue weighted by Crippen LogP contribution is 2.13. The molecule has 0 radical (unpaired) electrons. The van der Waals surface area contributed by atoms with Crippen LogP contribution >= 0.6 is 35.6 Å². The Morgan fingerprint density at radius 2 is 2.21 bits per heavy atom. The van der Waals surface area contributed by atoms with Crippen molar-refractivity contribution >= 4 is 39.9 Å². The largest absolute Gasteiger partial charge is 0.391 e. The van der Waals surface area contributed by atoms with E-state index in [0.29, 0.717) is 5.75 Å². The second kappa shape index (κ2) is 6.85. The first kappa shape index (κ1) is 12.5. The zero-order chi connectivity index (χ0) is 10.4. The van der Waals surface area contributed by atoms with Crippen LogP contribution < -0.4 is 0 Å². The number of hydrogen-bond donors (Lipinski definition) is 1. The summed E-state index contributed by atoms with van der Waals surface area (Å²) in [6.07, 6.45) is -0.472. The number of thiocarbonyl (C=S) groups is 1. The fourth-order valence-corrected chi connectivity index (χ4v) is 2.49. The lowest BCUT2D eigenvalue weighted by molar-refractivity contribution is 0.0702. The molecule has 3 nitrogen and oxygen atoms in total. The molecular formula is C8H14ClNO2S2. The summed E-state index contributed by atoms with van der Waals surface area (Å²) in [5, 5.41) is 9.25. The van der Waals surface area contributed by atoms with E-state index in [1.807, 2.05) is 0 Å². The summed E-state index contributed by atoms with van der Waals surface area (Å²) in [5.74, 6) is 0.832. The SMILES string of the molecule is OC(CCl)CSC(=S)N1CCOCC1. The van der Waals surface area contributed by atoms with Crippen molar-refractivity contribution in [2.75, 3.05) is 37.9 Å². The highest BCUT2D eigenvalue weighted by Gasteiger charge is 2.14. The Kier molecular flexibility index (Phi) is 6.12. The highest BCUT2D eigenvalue weighted by atomic mass is 35.5. The van der Waals surface area contributed by atoms with Gasteiger partial charge < -0.3 is 14.7 Å². The van der Waals surface area contributed by atoms with Gasteiger partial charge in [-0.1, -0.05) is 24.0 Å². The van der Waals surface area contributed by atoms with E-state index < -0.39 is 6.10 Å². The lowest BCUT2D eigenvalue weighted by Gasteiger charge is -2.28. The number of thioether (sulfide) groups is 1. The summed E-state index contributed by atoms with van der Waals surface area (Å²) in [7, 11) is 0. The third kappa shape index (κ3) is 4.31. The fourth-order valence-electron chi connectivity index (χ4n) is 1.05. The Morgan fingerprint density at radius 3 is 2.79 bits per heavy atom. The van der Waals surface area contributed by atoms with Gasteiger partial charge in [0.2, 0.25) is 0 Å². The van der Waals surface area contributed by atoms with Crippen LogP contribution in [0.25, 0.3) is 0 Å². The Labute approximate surface area is 98.7 Å². The summed E-state index contributed by atoms with van der Waals surface area (Å²) < 4.78 is 6.05. The third-order valence-electron chi connectivity index (χ3n) is 1.85. The molecule has 82 valence electrons. The molecule has 0 spiro atoms. The van der Waals surface area contributed by atoms with Crippen LogP contribution in [0.3, 0.4) is 0 Å². The van der Waals surface area contributed by atoms with Crippen molar-refractivity contribution in [2.24, 2.45) is 0 Å². The molecule has 1 fully saturated rings. The number of aliphatic hydroxyl groups excluding tert-OH is 1. The van der Waals surface area contributed by atoms with Gasteiger partial charge in [0, 0.05) is 24.7 Å². The predicted molar refractivity (Wildman–Crippen MR) is 64.2 cm³/mol. The predicted octanol–water partition coefficient (Wildman–Crippen LogP) is 0.936. The first-order chi connectivity index (χ1) is 6.74. The van der Waals surface area contributed by atoms with Crippen molar-refractivity contribution in [2.45, 2.75) is 6.10 Å². The van der Waals surface area contributed by atoms with E-state index in [0.717, 1.165) is 30.6 Å². The van der Waals surface area contributed by atoms with Crippen LogP contribution in [0.2, 0.25) is 0 Å². The molecule has 0 amide bonds. The van der Waals surface area contributed by atoms with Gasteiger partial charge in [-0.2, -0.15) is 0 Å². The summed E-state index contributed by atoms with van der Waals surface area (Å²) in [5.41, 5.74) is 0.